The van der Waals surface area contributed by atoms with Crippen molar-refractivity contribution < 1.29 is 4.74 Å². The first kappa shape index (κ1) is 9.00. The van der Waals surface area contributed by atoms with E-state index in [0.717, 1.165) is 23.6 Å². The first-order valence-corrected chi connectivity index (χ1v) is 4.87. The molecule has 0 amide bonds. The van der Waals surface area contributed by atoms with Crippen molar-refractivity contribution >= 4 is 5.90 Å². The maximum Gasteiger partial charge on any atom is 0.222 e. The van der Waals surface area contributed by atoms with Crippen LogP contribution in [0.15, 0.2) is 47.2 Å². The summed E-state index contributed by atoms with van der Waals surface area (Å²) < 4.78 is 5.60. The third kappa shape index (κ3) is 1.84. The molecule has 0 N–H and O–H groups in total. The zero-order valence-electron chi connectivity index (χ0n) is 8.23. The molecule has 1 aliphatic heterocycles. The van der Waals surface area contributed by atoms with Crippen LogP contribution < -0.4 is 0 Å². The van der Waals surface area contributed by atoms with E-state index in [0.29, 0.717) is 6.54 Å². The first-order valence-electron chi connectivity index (χ1n) is 4.87. The van der Waals surface area contributed by atoms with Crippen molar-refractivity contribution in [1.29, 1.82) is 0 Å². The van der Waals surface area contributed by atoms with Crippen molar-refractivity contribution in [2.24, 2.45) is 4.99 Å². The van der Waals surface area contributed by atoms with Crippen LogP contribution in [0.25, 0.3) is 0 Å². The van der Waals surface area contributed by atoms with E-state index in [2.05, 4.69) is 18.0 Å². The van der Waals surface area contributed by atoms with E-state index in [4.69, 9.17) is 4.74 Å². The highest BCUT2D eigenvalue weighted by Crippen LogP contribution is 2.14. The minimum atomic E-state index is 0.679. The molecule has 0 unspecified atom stereocenters. The lowest BCUT2D eigenvalue weighted by Crippen LogP contribution is -1.99. The van der Waals surface area contributed by atoms with E-state index in [9.17, 15) is 0 Å². The van der Waals surface area contributed by atoms with Crippen molar-refractivity contribution in [3.05, 3.63) is 47.7 Å². The fraction of sp³-hybridized carbons (Fsp3) is 0.250. The second-order valence-corrected chi connectivity index (χ2v) is 3.17. The summed E-state index contributed by atoms with van der Waals surface area (Å²) in [6, 6.07) is 9.98. The molecular weight excluding hydrogens is 174 g/mol. The average Bonchev–Trinajstić information content (AvgIpc) is 2.68. The Morgan fingerprint density at radius 1 is 1.36 bits per heavy atom. The third-order valence-corrected chi connectivity index (χ3v) is 2.06. The Morgan fingerprint density at radius 2 is 2.14 bits per heavy atom. The lowest BCUT2D eigenvalue weighted by atomic mass is 10.2. The van der Waals surface area contributed by atoms with E-state index in [-0.39, 0.29) is 0 Å². The van der Waals surface area contributed by atoms with Gasteiger partial charge in [0.05, 0.1) is 0 Å². The van der Waals surface area contributed by atoms with Gasteiger partial charge in [-0.2, -0.15) is 0 Å². The molecule has 1 heterocycles. The lowest BCUT2D eigenvalue weighted by Gasteiger charge is -2.01. The second kappa shape index (κ2) is 4.09. The highest BCUT2D eigenvalue weighted by atomic mass is 16.5. The fourth-order valence-corrected chi connectivity index (χ4v) is 1.40. The quantitative estimate of drug-likeness (QED) is 0.697. The summed E-state index contributed by atoms with van der Waals surface area (Å²) in [4.78, 5) is 4.33. The molecule has 0 aromatic heterocycles. The van der Waals surface area contributed by atoms with Gasteiger partial charge in [0.25, 0.3) is 0 Å². The Labute approximate surface area is 83.9 Å². The summed E-state index contributed by atoms with van der Waals surface area (Å²) in [5, 5.41) is 0. The van der Waals surface area contributed by atoms with Crippen molar-refractivity contribution in [3.63, 3.8) is 0 Å². The van der Waals surface area contributed by atoms with Gasteiger partial charge in [0.2, 0.25) is 5.90 Å². The Balaban J connectivity index is 2.13. The molecule has 0 bridgehead atoms. The van der Waals surface area contributed by atoms with Crippen molar-refractivity contribution in [2.45, 2.75) is 13.3 Å². The highest BCUT2D eigenvalue weighted by Gasteiger charge is 2.13. The number of rotatable bonds is 2. The zero-order valence-corrected chi connectivity index (χ0v) is 8.23. The molecule has 0 radical (unpaired) electrons. The van der Waals surface area contributed by atoms with Gasteiger partial charge in [-0.25, -0.2) is 4.99 Å². The minimum Gasteiger partial charge on any atom is -0.441 e. The van der Waals surface area contributed by atoms with Crippen LogP contribution in [0.2, 0.25) is 0 Å². The average molecular weight is 187 g/mol. The van der Waals surface area contributed by atoms with Gasteiger partial charge in [-0.05, 0) is 24.6 Å². The largest absolute Gasteiger partial charge is 0.441 e. The number of ether oxygens (including phenoxy) is 1. The molecular formula is C12H13NO. The molecule has 72 valence electrons. The zero-order chi connectivity index (χ0) is 9.80. The van der Waals surface area contributed by atoms with Crippen molar-refractivity contribution in [3.8, 4) is 0 Å². The van der Waals surface area contributed by atoms with Gasteiger partial charge in [-0.1, -0.05) is 25.1 Å². The second-order valence-electron chi connectivity index (χ2n) is 3.17. The highest BCUT2D eigenvalue weighted by molar-refractivity contribution is 5.95. The minimum absolute atomic E-state index is 0.679. The standard InChI is InChI=1S/C12H13NO/c1-2-6-11-9-13-12(14-11)10-7-4-3-5-8-10/h3-8H,2,9H2,1H3/b11-6-. The lowest BCUT2D eigenvalue weighted by molar-refractivity contribution is 0.437. The number of hydrogen-bond donors (Lipinski definition) is 0. The predicted molar refractivity (Wildman–Crippen MR) is 57.3 cm³/mol. The molecule has 2 rings (SSSR count). The topological polar surface area (TPSA) is 21.6 Å². The van der Waals surface area contributed by atoms with Gasteiger partial charge in [0.15, 0.2) is 0 Å². The normalized spacial score (nSPS) is 18.1. The van der Waals surface area contributed by atoms with E-state index >= 15 is 0 Å². The number of aliphatic imine (C=N–C) groups is 1. The Kier molecular flexibility index (Phi) is 2.63. The molecule has 0 fully saturated rings. The Bertz CT molecular complexity index is 365. The van der Waals surface area contributed by atoms with Crippen LogP contribution in [-0.4, -0.2) is 12.4 Å². The SMILES string of the molecule is CC/C=C1/CN=C(c2ccccc2)O1. The monoisotopic (exact) mass is 187 g/mol. The van der Waals surface area contributed by atoms with Crippen LogP contribution in [0.5, 0.6) is 0 Å². The van der Waals surface area contributed by atoms with Crippen LogP contribution in [0.3, 0.4) is 0 Å². The van der Waals surface area contributed by atoms with Crippen LogP contribution in [0.1, 0.15) is 18.9 Å². The maximum absolute atomic E-state index is 5.60. The van der Waals surface area contributed by atoms with Gasteiger partial charge >= 0.3 is 0 Å². The summed E-state index contributed by atoms with van der Waals surface area (Å²) in [7, 11) is 0. The maximum atomic E-state index is 5.60. The van der Waals surface area contributed by atoms with Gasteiger partial charge in [0, 0.05) is 5.56 Å². The molecule has 14 heavy (non-hydrogen) atoms. The number of benzene rings is 1. The van der Waals surface area contributed by atoms with Crippen LogP contribution >= 0.6 is 0 Å². The molecule has 1 aromatic rings. The summed E-state index contributed by atoms with van der Waals surface area (Å²) in [5.41, 5.74) is 1.05. The van der Waals surface area contributed by atoms with Crippen molar-refractivity contribution in [2.75, 3.05) is 6.54 Å². The molecule has 1 aromatic carbocycles. The molecule has 2 nitrogen and oxygen atoms in total. The molecule has 1 aliphatic rings. The summed E-state index contributed by atoms with van der Waals surface area (Å²) >= 11 is 0. The van der Waals surface area contributed by atoms with Crippen LogP contribution in [0, 0.1) is 0 Å². The molecule has 2 heteroatoms. The number of hydrogen-bond acceptors (Lipinski definition) is 2. The number of nitrogens with zero attached hydrogens (tertiary/aromatic N) is 1. The summed E-state index contributed by atoms with van der Waals surface area (Å²) in [6.07, 6.45) is 3.06. The van der Waals surface area contributed by atoms with E-state index in [1.54, 1.807) is 0 Å². The molecule has 0 atom stereocenters. The number of allylic oxidation sites excluding steroid dienone is 1. The molecule has 0 saturated carbocycles. The van der Waals surface area contributed by atoms with Gasteiger partial charge < -0.3 is 4.74 Å². The van der Waals surface area contributed by atoms with Crippen LogP contribution in [0.4, 0.5) is 0 Å². The van der Waals surface area contributed by atoms with Gasteiger partial charge in [0.1, 0.15) is 12.3 Å². The Morgan fingerprint density at radius 3 is 2.86 bits per heavy atom. The first-order chi connectivity index (χ1) is 6.90. The fourth-order valence-electron chi connectivity index (χ4n) is 1.40. The third-order valence-electron chi connectivity index (χ3n) is 2.06. The van der Waals surface area contributed by atoms with Crippen LogP contribution in [-0.2, 0) is 4.74 Å². The molecule has 0 spiro atoms. The molecule has 0 saturated heterocycles. The Hall–Kier alpha value is -1.57. The summed E-state index contributed by atoms with van der Waals surface area (Å²) in [6.45, 7) is 2.77. The summed E-state index contributed by atoms with van der Waals surface area (Å²) in [5.74, 6) is 1.71. The van der Waals surface area contributed by atoms with E-state index in [1.165, 1.54) is 0 Å². The van der Waals surface area contributed by atoms with Crippen molar-refractivity contribution in [1.82, 2.24) is 0 Å². The van der Waals surface area contributed by atoms with E-state index in [1.807, 2.05) is 30.3 Å². The predicted octanol–water partition coefficient (Wildman–Crippen LogP) is 2.76. The van der Waals surface area contributed by atoms with E-state index < -0.39 is 0 Å². The molecule has 0 aliphatic carbocycles. The smallest absolute Gasteiger partial charge is 0.222 e. The van der Waals surface area contributed by atoms with Gasteiger partial charge in [-0.3, -0.25) is 0 Å². The van der Waals surface area contributed by atoms with Gasteiger partial charge in [-0.15, -0.1) is 0 Å².